The van der Waals surface area contributed by atoms with Crippen LogP contribution in [0.15, 0.2) is 6.07 Å². The maximum Gasteiger partial charge on any atom is 0.410 e. The van der Waals surface area contributed by atoms with Crippen LogP contribution >= 0.6 is 0 Å². The number of carbonyl (C=O) groups is 1. The van der Waals surface area contributed by atoms with Gasteiger partial charge in [0, 0.05) is 17.6 Å². The first kappa shape index (κ1) is 19.0. The van der Waals surface area contributed by atoms with Crippen LogP contribution in [0.25, 0.3) is 0 Å². The van der Waals surface area contributed by atoms with Gasteiger partial charge in [0.05, 0.1) is 27.0 Å². The Balaban J connectivity index is 2.18. The molecule has 0 radical (unpaired) electrons. The van der Waals surface area contributed by atoms with Gasteiger partial charge in [0.2, 0.25) is 5.75 Å². The Morgan fingerprint density at radius 3 is 2.24 bits per heavy atom. The molecule has 0 bridgehead atoms. The number of nitrogens with two attached hydrogens (primary N) is 1. The van der Waals surface area contributed by atoms with Crippen LogP contribution in [0.5, 0.6) is 17.2 Å². The Labute approximate surface area is 149 Å². The summed E-state index contributed by atoms with van der Waals surface area (Å²) in [5.74, 6) is 1.25. The van der Waals surface area contributed by atoms with Crippen molar-refractivity contribution in [3.8, 4) is 17.2 Å². The molecular weight excluding hydrogens is 324 g/mol. The fourth-order valence-electron chi connectivity index (χ4n) is 3.34. The molecule has 2 unspecified atom stereocenters. The summed E-state index contributed by atoms with van der Waals surface area (Å²) < 4.78 is 21.5. The minimum Gasteiger partial charge on any atom is -0.493 e. The zero-order chi connectivity index (χ0) is 18.6. The van der Waals surface area contributed by atoms with Crippen molar-refractivity contribution < 1.29 is 23.7 Å². The molecule has 7 nitrogen and oxygen atoms in total. The summed E-state index contributed by atoms with van der Waals surface area (Å²) in [7, 11) is 4.54. The summed E-state index contributed by atoms with van der Waals surface area (Å²) in [4.78, 5) is 14.3. The Hall–Kier alpha value is -2.31. The van der Waals surface area contributed by atoms with E-state index < -0.39 is 0 Å². The second kappa shape index (κ2) is 8.18. The van der Waals surface area contributed by atoms with Gasteiger partial charge >= 0.3 is 6.09 Å². The van der Waals surface area contributed by atoms with E-state index in [0.29, 0.717) is 28.5 Å². The molecule has 1 fully saturated rings. The molecule has 140 valence electrons. The van der Waals surface area contributed by atoms with Crippen LogP contribution < -0.4 is 19.9 Å². The monoisotopic (exact) mass is 352 g/mol. The van der Waals surface area contributed by atoms with Gasteiger partial charge in [-0.1, -0.05) is 0 Å². The number of hydrogen-bond donors (Lipinski definition) is 1. The van der Waals surface area contributed by atoms with E-state index in [9.17, 15) is 4.79 Å². The van der Waals surface area contributed by atoms with Gasteiger partial charge in [0.15, 0.2) is 11.5 Å². The summed E-state index contributed by atoms with van der Waals surface area (Å²) in [5, 5.41) is 0. The van der Waals surface area contributed by atoms with Crippen molar-refractivity contribution in [3.63, 3.8) is 0 Å². The number of amides is 1. The van der Waals surface area contributed by atoms with Crippen molar-refractivity contribution in [1.29, 1.82) is 0 Å². The third kappa shape index (κ3) is 3.86. The highest BCUT2D eigenvalue weighted by molar-refractivity contribution is 5.72. The zero-order valence-corrected chi connectivity index (χ0v) is 15.6. The molecule has 25 heavy (non-hydrogen) atoms. The summed E-state index contributed by atoms with van der Waals surface area (Å²) in [6, 6.07) is 2.05. The molecule has 1 heterocycles. The number of nitrogens with zero attached hydrogens (tertiary/aromatic N) is 1. The van der Waals surface area contributed by atoms with Gasteiger partial charge in [-0.15, -0.1) is 0 Å². The average Bonchev–Trinajstić information content (AvgIpc) is 2.59. The maximum atomic E-state index is 12.5. The van der Waals surface area contributed by atoms with Crippen molar-refractivity contribution in [2.24, 2.45) is 0 Å². The van der Waals surface area contributed by atoms with Crippen LogP contribution in [0.4, 0.5) is 10.5 Å². The lowest BCUT2D eigenvalue weighted by molar-refractivity contribution is 0.0510. The normalized spacial score (nSPS) is 20.1. The zero-order valence-electron chi connectivity index (χ0n) is 15.6. The number of likely N-dealkylation sites (tertiary alicyclic amines) is 1. The van der Waals surface area contributed by atoms with Crippen LogP contribution in [0.2, 0.25) is 0 Å². The van der Waals surface area contributed by atoms with Gasteiger partial charge in [-0.3, -0.25) is 0 Å². The second-order valence-corrected chi connectivity index (χ2v) is 6.31. The highest BCUT2D eigenvalue weighted by Gasteiger charge is 2.30. The summed E-state index contributed by atoms with van der Waals surface area (Å²) >= 11 is 0. The van der Waals surface area contributed by atoms with E-state index in [1.54, 1.807) is 11.0 Å². The van der Waals surface area contributed by atoms with Gasteiger partial charge in [0.1, 0.15) is 6.61 Å². The van der Waals surface area contributed by atoms with Crippen molar-refractivity contribution in [1.82, 2.24) is 4.90 Å². The number of nitrogen functional groups attached to an aromatic ring is 1. The molecule has 0 spiro atoms. The molecule has 7 heteroatoms. The van der Waals surface area contributed by atoms with E-state index in [-0.39, 0.29) is 24.8 Å². The van der Waals surface area contributed by atoms with E-state index in [2.05, 4.69) is 0 Å². The fraction of sp³-hybridized carbons (Fsp3) is 0.611. The number of piperidine rings is 1. The molecule has 0 aromatic heterocycles. The minimum atomic E-state index is -0.326. The van der Waals surface area contributed by atoms with Gasteiger partial charge in [0.25, 0.3) is 0 Å². The van der Waals surface area contributed by atoms with Crippen LogP contribution in [0, 0.1) is 0 Å². The molecule has 1 aliphatic rings. The molecule has 2 atom stereocenters. The number of ether oxygens (including phenoxy) is 4. The summed E-state index contributed by atoms with van der Waals surface area (Å²) in [6.07, 6.45) is 2.79. The highest BCUT2D eigenvalue weighted by Crippen LogP contribution is 2.43. The van der Waals surface area contributed by atoms with Crippen LogP contribution in [0.3, 0.4) is 0 Å². The SMILES string of the molecule is COc1cc(COC(=O)N2C(C)CCCC2C)c(N)c(OC)c1OC. The third-order valence-corrected chi connectivity index (χ3v) is 4.71. The third-order valence-electron chi connectivity index (χ3n) is 4.71. The van der Waals surface area contributed by atoms with E-state index in [1.165, 1.54) is 21.3 Å². The van der Waals surface area contributed by atoms with Gasteiger partial charge < -0.3 is 29.6 Å². The Morgan fingerprint density at radius 2 is 1.72 bits per heavy atom. The maximum absolute atomic E-state index is 12.5. The molecule has 0 aliphatic carbocycles. The Kier molecular flexibility index (Phi) is 6.22. The topological polar surface area (TPSA) is 83.3 Å². The van der Waals surface area contributed by atoms with Gasteiger partial charge in [-0.2, -0.15) is 0 Å². The lowest BCUT2D eigenvalue weighted by Crippen LogP contribution is -2.47. The number of anilines is 1. The molecular formula is C18H28N2O5. The first-order chi connectivity index (χ1) is 11.9. The van der Waals surface area contributed by atoms with Crippen molar-refractivity contribution >= 4 is 11.8 Å². The van der Waals surface area contributed by atoms with E-state index in [1.807, 2.05) is 13.8 Å². The predicted octanol–water partition coefficient (Wildman–Crippen LogP) is 3.19. The summed E-state index contributed by atoms with van der Waals surface area (Å²) in [5.41, 5.74) is 7.13. The lowest BCUT2D eigenvalue weighted by atomic mass is 9.98. The molecule has 1 aromatic rings. The van der Waals surface area contributed by atoms with Crippen LogP contribution in [-0.4, -0.2) is 44.4 Å². The standard InChI is InChI=1S/C18H28N2O5/c1-11-7-6-8-12(2)20(11)18(21)25-10-13-9-14(22-3)16(23-4)17(24-5)15(13)19/h9,11-12H,6-8,10,19H2,1-5H3. The summed E-state index contributed by atoms with van der Waals surface area (Å²) in [6.45, 7) is 4.13. The number of rotatable bonds is 5. The number of methoxy groups -OCH3 is 3. The first-order valence-corrected chi connectivity index (χ1v) is 8.46. The highest BCUT2D eigenvalue weighted by atomic mass is 16.6. The predicted molar refractivity (Wildman–Crippen MR) is 95.3 cm³/mol. The fourth-order valence-corrected chi connectivity index (χ4v) is 3.34. The largest absolute Gasteiger partial charge is 0.493 e. The smallest absolute Gasteiger partial charge is 0.410 e. The van der Waals surface area contributed by atoms with Crippen LogP contribution in [-0.2, 0) is 11.3 Å². The average molecular weight is 352 g/mol. The Bertz CT molecular complexity index is 610. The van der Waals surface area contributed by atoms with Crippen LogP contribution in [0.1, 0.15) is 38.7 Å². The number of carbonyl (C=O) groups excluding carboxylic acids is 1. The molecule has 1 aliphatic heterocycles. The van der Waals surface area contributed by atoms with Crippen molar-refractivity contribution in [2.75, 3.05) is 27.1 Å². The molecule has 1 saturated heterocycles. The number of hydrogen-bond acceptors (Lipinski definition) is 6. The van der Waals surface area contributed by atoms with Crippen molar-refractivity contribution in [3.05, 3.63) is 11.6 Å². The molecule has 2 rings (SSSR count). The molecule has 1 aromatic carbocycles. The molecule has 2 N–H and O–H groups in total. The molecule has 1 amide bonds. The van der Waals surface area contributed by atoms with Gasteiger partial charge in [-0.25, -0.2) is 4.79 Å². The first-order valence-electron chi connectivity index (χ1n) is 8.46. The molecule has 0 saturated carbocycles. The van der Waals surface area contributed by atoms with Gasteiger partial charge in [-0.05, 0) is 39.2 Å². The lowest BCUT2D eigenvalue weighted by Gasteiger charge is -2.38. The quantitative estimate of drug-likeness (QED) is 0.820. The second-order valence-electron chi connectivity index (χ2n) is 6.31. The van der Waals surface area contributed by atoms with E-state index in [4.69, 9.17) is 24.7 Å². The Morgan fingerprint density at radius 1 is 1.12 bits per heavy atom. The minimum absolute atomic E-state index is 0.0390. The van der Waals surface area contributed by atoms with E-state index >= 15 is 0 Å². The van der Waals surface area contributed by atoms with E-state index in [0.717, 1.165) is 19.3 Å². The number of benzene rings is 1. The van der Waals surface area contributed by atoms with Crippen molar-refractivity contribution in [2.45, 2.75) is 51.8 Å².